The number of hydrogen-bond donors (Lipinski definition) is 2. The van der Waals surface area contributed by atoms with E-state index < -0.39 is 0 Å². The smallest absolute Gasteiger partial charge is 0.231 e. The number of halogens is 1. The van der Waals surface area contributed by atoms with Gasteiger partial charge < -0.3 is 15.6 Å². The van der Waals surface area contributed by atoms with Crippen molar-refractivity contribution in [3.05, 3.63) is 59.2 Å². The normalized spacial score (nSPS) is 23.9. The predicted molar refractivity (Wildman–Crippen MR) is 177 cm³/mol. The molecule has 240 valence electrons. The van der Waals surface area contributed by atoms with Crippen LogP contribution < -0.4 is 15.4 Å². The van der Waals surface area contributed by atoms with Crippen molar-refractivity contribution in [2.24, 2.45) is 22.1 Å². The van der Waals surface area contributed by atoms with Crippen molar-refractivity contribution in [2.45, 2.75) is 103 Å². The summed E-state index contributed by atoms with van der Waals surface area (Å²) in [5, 5.41) is 7.00. The molecule has 2 aromatic rings. The molecule has 1 heterocycles. The van der Waals surface area contributed by atoms with Crippen LogP contribution in [0.15, 0.2) is 41.7 Å². The molecule has 6 rings (SSSR count). The number of methoxy groups -OCH3 is 1. The summed E-state index contributed by atoms with van der Waals surface area (Å²) in [7, 11) is 2.52. The van der Waals surface area contributed by atoms with Crippen LogP contribution in [0.5, 0.6) is 5.75 Å². The molecule has 8 heteroatoms. The molecule has 4 saturated carbocycles. The van der Waals surface area contributed by atoms with E-state index >= 15 is 0 Å². The summed E-state index contributed by atoms with van der Waals surface area (Å²) >= 11 is 0. The van der Waals surface area contributed by atoms with Gasteiger partial charge in [-0.2, -0.15) is 0 Å². The molecule has 7 nitrogen and oxygen atoms in total. The Morgan fingerprint density at radius 2 is 1.80 bits per heavy atom. The number of aryl methyl sites for hydroxylation is 1. The molecule has 4 aliphatic rings. The van der Waals surface area contributed by atoms with E-state index in [1.807, 2.05) is 37.8 Å². The molecule has 0 aliphatic heterocycles. The number of nitrogens with two attached hydrogens (primary N) is 1. The number of aliphatic hydroxyl groups excluding tert-OH is 1. The maximum Gasteiger partial charge on any atom is 0.231 e. The van der Waals surface area contributed by atoms with Crippen LogP contribution in [0.1, 0.15) is 101 Å². The van der Waals surface area contributed by atoms with Crippen molar-refractivity contribution >= 4 is 23.5 Å². The van der Waals surface area contributed by atoms with E-state index in [9.17, 15) is 9.18 Å². The second-order valence-electron chi connectivity index (χ2n) is 13.2. The maximum atomic E-state index is 14.9. The Kier molecular flexibility index (Phi) is 11.2. The van der Waals surface area contributed by atoms with E-state index in [1.54, 1.807) is 24.7 Å². The number of aromatic nitrogens is 1. The lowest BCUT2D eigenvalue weighted by Gasteiger charge is -2.55. The second-order valence-corrected chi connectivity index (χ2v) is 13.2. The van der Waals surface area contributed by atoms with E-state index in [0.717, 1.165) is 93.6 Å². The Morgan fingerprint density at radius 1 is 1.14 bits per heavy atom. The van der Waals surface area contributed by atoms with Crippen LogP contribution in [0, 0.1) is 24.1 Å². The zero-order chi connectivity index (χ0) is 31.9. The Bertz CT molecular complexity index is 1300. The molecule has 0 atom stereocenters. The number of aliphatic hydroxyl groups is 1. The number of nitrogens with zero attached hydrogens (tertiary/aromatic N) is 3. The fourth-order valence-corrected chi connectivity index (χ4v) is 7.59. The van der Waals surface area contributed by atoms with Gasteiger partial charge >= 0.3 is 0 Å². The number of anilines is 1. The van der Waals surface area contributed by atoms with Crippen LogP contribution in [-0.2, 0) is 10.2 Å². The van der Waals surface area contributed by atoms with Crippen molar-refractivity contribution in [3.63, 3.8) is 0 Å². The van der Waals surface area contributed by atoms with Crippen LogP contribution in [-0.4, -0.2) is 49.0 Å². The topological polar surface area (TPSA) is 101 Å². The molecule has 0 saturated heterocycles. The number of ether oxygens (including phenoxy) is 1. The fourth-order valence-electron chi connectivity index (χ4n) is 7.59. The van der Waals surface area contributed by atoms with Gasteiger partial charge in [-0.25, -0.2) is 9.37 Å². The monoisotopic (exact) mass is 606 g/mol. The van der Waals surface area contributed by atoms with Gasteiger partial charge in [0, 0.05) is 49.8 Å². The summed E-state index contributed by atoms with van der Waals surface area (Å²) in [6, 6.07) is 7.92. The largest absolute Gasteiger partial charge is 0.493 e. The number of carbonyl (C=O) groups is 1. The van der Waals surface area contributed by atoms with E-state index in [-0.39, 0.29) is 34.5 Å². The first-order valence-corrected chi connectivity index (χ1v) is 16.2. The van der Waals surface area contributed by atoms with Crippen LogP contribution in [0.3, 0.4) is 0 Å². The summed E-state index contributed by atoms with van der Waals surface area (Å²) < 4.78 is 20.2. The number of rotatable bonds is 9. The second kappa shape index (κ2) is 14.7. The zero-order valence-electron chi connectivity index (χ0n) is 27.2. The minimum Gasteiger partial charge on any atom is -0.493 e. The molecule has 0 spiro atoms. The molecule has 1 aromatic heterocycles. The summed E-state index contributed by atoms with van der Waals surface area (Å²) in [5.41, 5.74) is 9.71. The van der Waals surface area contributed by atoms with Crippen LogP contribution in [0.4, 0.5) is 10.2 Å². The van der Waals surface area contributed by atoms with E-state index in [4.69, 9.17) is 20.6 Å². The number of carbonyl (C=O) groups excluding carboxylic acids is 1. The first kappa shape index (κ1) is 33.6. The standard InChI is InChI=1S/C35H47FN4O2.CH4O/c1-24(2)39-22-28(21-37)27-10-17-38-31(19-27)40(33(41)26-8-6-5-7-9-26)23-34-11-14-35(15-12-34,16-13-34)29-18-25(3)32(42-4)30(36)20-29;1-2/h10,17-22,24,26H,5-9,11-16,23,37H2,1-4H3;2H,1H3/b28-21+,39-22?;. The first-order valence-electron chi connectivity index (χ1n) is 16.2. The number of pyridine rings is 1. The van der Waals surface area contributed by atoms with Crippen molar-refractivity contribution in [1.29, 1.82) is 0 Å². The Labute approximate surface area is 262 Å². The highest BCUT2D eigenvalue weighted by Gasteiger charge is 2.51. The molecule has 44 heavy (non-hydrogen) atoms. The van der Waals surface area contributed by atoms with Gasteiger partial charge in [0.2, 0.25) is 5.91 Å². The predicted octanol–water partition coefficient (Wildman–Crippen LogP) is 7.13. The molecule has 3 N–H and O–H groups in total. The van der Waals surface area contributed by atoms with Crippen molar-refractivity contribution in [2.75, 3.05) is 25.7 Å². The highest BCUT2D eigenvalue weighted by Crippen LogP contribution is 2.58. The third-order valence-corrected chi connectivity index (χ3v) is 10.2. The third-order valence-electron chi connectivity index (χ3n) is 10.2. The summed E-state index contributed by atoms with van der Waals surface area (Å²) in [5.74, 6) is 1.02. The average molecular weight is 607 g/mol. The van der Waals surface area contributed by atoms with E-state index in [2.05, 4.69) is 11.1 Å². The highest BCUT2D eigenvalue weighted by molar-refractivity contribution is 6.10. The molecular formula is C36H51FN4O3. The lowest BCUT2D eigenvalue weighted by molar-refractivity contribution is -0.124. The van der Waals surface area contributed by atoms with Crippen LogP contribution in [0.25, 0.3) is 5.57 Å². The van der Waals surface area contributed by atoms with E-state index in [1.165, 1.54) is 13.5 Å². The Hall–Kier alpha value is -3.26. The van der Waals surface area contributed by atoms with Crippen LogP contribution >= 0.6 is 0 Å². The third kappa shape index (κ3) is 7.17. The molecule has 4 fully saturated rings. The van der Waals surface area contributed by atoms with Crippen molar-refractivity contribution in [3.8, 4) is 5.75 Å². The molecule has 4 aliphatic carbocycles. The molecule has 1 amide bonds. The number of benzene rings is 1. The Balaban J connectivity index is 0.00000216. The van der Waals surface area contributed by atoms with Gasteiger partial charge in [0.05, 0.1) is 7.11 Å². The van der Waals surface area contributed by atoms with Crippen LogP contribution in [0.2, 0.25) is 0 Å². The van der Waals surface area contributed by atoms with Gasteiger partial charge in [0.25, 0.3) is 0 Å². The number of allylic oxidation sites excluding steroid dienone is 1. The van der Waals surface area contributed by atoms with Gasteiger partial charge in [-0.05, 0) is 118 Å². The molecule has 1 aromatic carbocycles. The quantitative estimate of drug-likeness (QED) is 0.296. The van der Waals surface area contributed by atoms with Gasteiger partial charge in [-0.15, -0.1) is 0 Å². The van der Waals surface area contributed by atoms with Crippen molar-refractivity contribution in [1.82, 2.24) is 4.98 Å². The first-order chi connectivity index (χ1) is 21.2. The highest BCUT2D eigenvalue weighted by atomic mass is 19.1. The summed E-state index contributed by atoms with van der Waals surface area (Å²) in [4.78, 5) is 25.5. The summed E-state index contributed by atoms with van der Waals surface area (Å²) in [6.45, 7) is 6.66. The lowest BCUT2D eigenvalue weighted by Crippen LogP contribution is -2.51. The lowest BCUT2D eigenvalue weighted by atomic mass is 9.51. The maximum absolute atomic E-state index is 14.9. The number of aliphatic imine (C=N–C) groups is 1. The molecule has 2 bridgehead atoms. The minimum atomic E-state index is -0.274. The van der Waals surface area contributed by atoms with Crippen molar-refractivity contribution < 1.29 is 19.0 Å². The number of hydrogen-bond acceptors (Lipinski definition) is 6. The molecule has 0 unspecified atom stereocenters. The van der Waals surface area contributed by atoms with Gasteiger partial charge in [0.1, 0.15) is 5.82 Å². The van der Waals surface area contributed by atoms with E-state index in [0.29, 0.717) is 18.1 Å². The SMILES string of the molecule is CO.COc1c(C)cc(C23CCC(CN(C(=O)C4CCCCC4)c4cc(/C(C=NC(C)C)=C/N)ccn4)(CC2)CC3)cc1F. The Morgan fingerprint density at radius 3 is 2.36 bits per heavy atom. The van der Waals surface area contributed by atoms with Gasteiger partial charge in [-0.1, -0.05) is 25.3 Å². The average Bonchev–Trinajstić information content (AvgIpc) is 3.06. The zero-order valence-corrected chi connectivity index (χ0v) is 27.2. The van der Waals surface area contributed by atoms with Gasteiger partial charge in [-0.3, -0.25) is 14.7 Å². The van der Waals surface area contributed by atoms with Gasteiger partial charge in [0.15, 0.2) is 11.6 Å². The summed E-state index contributed by atoms with van der Waals surface area (Å²) in [6.07, 6.45) is 16.5. The molecular weight excluding hydrogens is 555 g/mol. The fraction of sp³-hybridized carbons (Fsp3) is 0.583. The molecule has 0 radical (unpaired) electrons. The number of amides is 1. The minimum absolute atomic E-state index is 0.00737. The number of fused-ring (bicyclic) bond motifs is 3.